The van der Waals surface area contributed by atoms with Crippen molar-refractivity contribution in [1.82, 2.24) is 4.31 Å². The van der Waals surface area contributed by atoms with Gasteiger partial charge in [0.2, 0.25) is 10.0 Å². The van der Waals surface area contributed by atoms with Crippen LogP contribution < -0.4 is 0 Å². The normalized spacial score (nSPS) is 42.7. The van der Waals surface area contributed by atoms with Crippen LogP contribution in [0, 0.1) is 11.3 Å². The lowest BCUT2D eigenvalue weighted by atomic mass is 9.80. The van der Waals surface area contributed by atoms with Gasteiger partial charge in [0.25, 0.3) is 0 Å². The van der Waals surface area contributed by atoms with Gasteiger partial charge in [0.1, 0.15) is 5.25 Å². The molecule has 19 heavy (non-hydrogen) atoms. The fourth-order valence-corrected chi connectivity index (χ4v) is 6.17. The summed E-state index contributed by atoms with van der Waals surface area (Å²) in [6, 6.07) is 0.0211. The Morgan fingerprint density at radius 1 is 1.26 bits per heavy atom. The second-order valence-corrected chi connectivity index (χ2v) is 8.80. The number of sulfonamides is 1. The first-order valence-electron chi connectivity index (χ1n) is 7.04. The van der Waals surface area contributed by atoms with Crippen LogP contribution in [0.2, 0.25) is 0 Å². The van der Waals surface area contributed by atoms with E-state index in [1.807, 2.05) is 6.92 Å². The van der Waals surface area contributed by atoms with Gasteiger partial charge >= 0.3 is 0 Å². The van der Waals surface area contributed by atoms with Crippen LogP contribution >= 0.6 is 0 Å². The molecule has 0 aromatic rings. The molecule has 5 nitrogen and oxygen atoms in total. The van der Waals surface area contributed by atoms with E-state index in [1.165, 1.54) is 0 Å². The Hall–Kier alpha value is -0.170. The molecule has 0 aromatic heterocycles. The summed E-state index contributed by atoms with van der Waals surface area (Å²) < 4.78 is 38.4. The molecule has 3 heterocycles. The van der Waals surface area contributed by atoms with Crippen molar-refractivity contribution in [3.8, 4) is 0 Å². The van der Waals surface area contributed by atoms with Gasteiger partial charge in [0, 0.05) is 19.1 Å². The SMILES string of the molecule is CC1OCCC1S(=O)(=O)N1CC(C)(C)[C@@H]2COC[C@@H]21. The summed E-state index contributed by atoms with van der Waals surface area (Å²) in [5.41, 5.74) is -0.00304. The third-order valence-corrected chi connectivity index (χ3v) is 7.44. The fraction of sp³-hybridized carbons (Fsp3) is 1.00. The number of rotatable bonds is 2. The molecule has 3 rings (SSSR count). The number of fused-ring (bicyclic) bond motifs is 1. The quantitative estimate of drug-likeness (QED) is 0.756. The summed E-state index contributed by atoms with van der Waals surface area (Å²) in [7, 11) is -3.28. The maximum absolute atomic E-state index is 12.9. The molecule has 6 heteroatoms. The highest BCUT2D eigenvalue weighted by atomic mass is 32.2. The van der Waals surface area contributed by atoms with Gasteiger partial charge in [-0.2, -0.15) is 4.31 Å². The summed E-state index contributed by atoms with van der Waals surface area (Å²) in [4.78, 5) is 0. The first-order valence-corrected chi connectivity index (χ1v) is 8.54. The van der Waals surface area contributed by atoms with Gasteiger partial charge in [-0.05, 0) is 18.8 Å². The molecule has 2 unspecified atom stereocenters. The van der Waals surface area contributed by atoms with Crippen LogP contribution in [0.1, 0.15) is 27.2 Å². The minimum absolute atomic E-state index is 0.00304. The molecule has 3 aliphatic rings. The molecule has 3 aliphatic heterocycles. The molecule has 0 spiro atoms. The van der Waals surface area contributed by atoms with E-state index in [0.29, 0.717) is 38.7 Å². The lowest BCUT2D eigenvalue weighted by Gasteiger charge is -2.27. The highest BCUT2D eigenvalue weighted by Crippen LogP contribution is 2.45. The highest BCUT2D eigenvalue weighted by molar-refractivity contribution is 7.89. The molecule has 0 aromatic carbocycles. The largest absolute Gasteiger partial charge is 0.379 e. The monoisotopic (exact) mass is 289 g/mol. The molecule has 110 valence electrons. The van der Waals surface area contributed by atoms with Gasteiger partial charge in [-0.1, -0.05) is 13.8 Å². The van der Waals surface area contributed by atoms with Crippen molar-refractivity contribution in [2.45, 2.75) is 44.6 Å². The van der Waals surface area contributed by atoms with Gasteiger partial charge < -0.3 is 9.47 Å². The zero-order chi connectivity index (χ0) is 13.8. The molecule has 0 radical (unpaired) electrons. The summed E-state index contributed by atoms with van der Waals surface area (Å²) in [6.45, 7) is 8.52. The third kappa shape index (κ3) is 2.04. The smallest absolute Gasteiger partial charge is 0.219 e. The van der Waals surface area contributed by atoms with E-state index < -0.39 is 10.0 Å². The van der Waals surface area contributed by atoms with E-state index in [9.17, 15) is 8.42 Å². The predicted octanol–water partition coefficient (Wildman–Crippen LogP) is 0.850. The number of hydrogen-bond acceptors (Lipinski definition) is 4. The summed E-state index contributed by atoms with van der Waals surface area (Å²) in [6.07, 6.45) is 0.410. The zero-order valence-electron chi connectivity index (χ0n) is 11.8. The Morgan fingerprint density at radius 3 is 2.63 bits per heavy atom. The van der Waals surface area contributed by atoms with Crippen molar-refractivity contribution in [3.05, 3.63) is 0 Å². The van der Waals surface area contributed by atoms with Crippen LogP contribution in [-0.2, 0) is 19.5 Å². The highest BCUT2D eigenvalue weighted by Gasteiger charge is 2.55. The van der Waals surface area contributed by atoms with Crippen molar-refractivity contribution in [3.63, 3.8) is 0 Å². The van der Waals surface area contributed by atoms with E-state index in [1.54, 1.807) is 4.31 Å². The second kappa shape index (κ2) is 4.41. The lowest BCUT2D eigenvalue weighted by molar-refractivity contribution is 0.124. The second-order valence-electron chi connectivity index (χ2n) is 6.69. The standard InChI is InChI=1S/C13H23NO4S/c1-9-12(4-5-18-9)19(15,16)14-8-13(2,3)10-6-17-7-11(10)14/h9-12H,4-8H2,1-3H3/t9?,10-,11+,12?/m1/s1. The van der Waals surface area contributed by atoms with Crippen molar-refractivity contribution in [1.29, 1.82) is 0 Å². The molecule has 0 N–H and O–H groups in total. The summed E-state index contributed by atoms with van der Waals surface area (Å²) in [5.74, 6) is 0.319. The van der Waals surface area contributed by atoms with Gasteiger partial charge in [-0.15, -0.1) is 0 Å². The van der Waals surface area contributed by atoms with Gasteiger partial charge in [-0.3, -0.25) is 0 Å². The number of nitrogens with zero attached hydrogens (tertiary/aromatic N) is 1. The lowest BCUT2D eigenvalue weighted by Crippen LogP contribution is -2.45. The molecular weight excluding hydrogens is 266 g/mol. The molecule has 3 fully saturated rings. The van der Waals surface area contributed by atoms with Crippen LogP contribution in [-0.4, -0.2) is 56.5 Å². The van der Waals surface area contributed by atoms with E-state index in [-0.39, 0.29) is 22.8 Å². The Labute approximate surface area is 115 Å². The van der Waals surface area contributed by atoms with E-state index in [2.05, 4.69) is 13.8 Å². The van der Waals surface area contributed by atoms with Crippen LogP contribution in [0.25, 0.3) is 0 Å². The molecule has 4 atom stereocenters. The van der Waals surface area contributed by atoms with E-state index in [0.717, 1.165) is 0 Å². The predicted molar refractivity (Wildman–Crippen MR) is 71.3 cm³/mol. The van der Waals surface area contributed by atoms with E-state index in [4.69, 9.17) is 9.47 Å². The topological polar surface area (TPSA) is 55.8 Å². The summed E-state index contributed by atoms with van der Waals surface area (Å²) in [5, 5.41) is -0.386. The van der Waals surface area contributed by atoms with Crippen molar-refractivity contribution >= 4 is 10.0 Å². The van der Waals surface area contributed by atoms with Crippen molar-refractivity contribution < 1.29 is 17.9 Å². The molecule has 0 bridgehead atoms. The maximum Gasteiger partial charge on any atom is 0.219 e. The Bertz CT molecular complexity index is 461. The zero-order valence-corrected chi connectivity index (χ0v) is 12.6. The molecule has 0 saturated carbocycles. The van der Waals surface area contributed by atoms with Crippen LogP contribution in [0.5, 0.6) is 0 Å². The van der Waals surface area contributed by atoms with Crippen LogP contribution in [0.4, 0.5) is 0 Å². The molecule has 3 saturated heterocycles. The Balaban J connectivity index is 1.90. The minimum Gasteiger partial charge on any atom is -0.379 e. The first-order chi connectivity index (χ1) is 8.84. The number of ether oxygens (including phenoxy) is 2. The minimum atomic E-state index is -3.28. The average Bonchev–Trinajstić information content (AvgIpc) is 2.96. The molecular formula is C13H23NO4S. The number of hydrogen-bond donors (Lipinski definition) is 0. The van der Waals surface area contributed by atoms with Crippen LogP contribution in [0.15, 0.2) is 0 Å². The van der Waals surface area contributed by atoms with Gasteiger partial charge in [-0.25, -0.2) is 8.42 Å². The van der Waals surface area contributed by atoms with Gasteiger partial charge in [0.05, 0.1) is 25.4 Å². The summed E-state index contributed by atoms with van der Waals surface area (Å²) >= 11 is 0. The maximum atomic E-state index is 12.9. The third-order valence-electron chi connectivity index (χ3n) is 5.00. The Kier molecular flexibility index (Phi) is 3.20. The van der Waals surface area contributed by atoms with E-state index >= 15 is 0 Å². The molecule has 0 amide bonds. The van der Waals surface area contributed by atoms with Crippen LogP contribution in [0.3, 0.4) is 0 Å². The first kappa shape index (κ1) is 13.8. The Morgan fingerprint density at radius 2 is 2.00 bits per heavy atom. The van der Waals surface area contributed by atoms with Crippen molar-refractivity contribution in [2.24, 2.45) is 11.3 Å². The average molecular weight is 289 g/mol. The molecule has 0 aliphatic carbocycles. The fourth-order valence-electron chi connectivity index (χ4n) is 3.77. The van der Waals surface area contributed by atoms with Gasteiger partial charge in [0.15, 0.2) is 0 Å². The van der Waals surface area contributed by atoms with Crippen molar-refractivity contribution in [2.75, 3.05) is 26.4 Å².